The number of nitrogens with zero attached hydrogens (tertiary/aromatic N) is 1. The number of hydrogen-bond donors (Lipinski definition) is 2. The summed E-state index contributed by atoms with van der Waals surface area (Å²) in [7, 11) is 0. The molecule has 1 aliphatic rings. The van der Waals surface area contributed by atoms with Crippen molar-refractivity contribution < 1.29 is 0 Å². The van der Waals surface area contributed by atoms with Crippen LogP contribution in [0.5, 0.6) is 0 Å². The zero-order valence-corrected chi connectivity index (χ0v) is 11.8. The first kappa shape index (κ1) is 13.3. The Hall–Kier alpha value is -1.09. The predicted octanol–water partition coefficient (Wildman–Crippen LogP) is 3.03. The molecule has 3 nitrogen and oxygen atoms in total. The van der Waals surface area contributed by atoms with E-state index in [0.717, 1.165) is 11.4 Å². The fourth-order valence-corrected chi connectivity index (χ4v) is 2.72. The van der Waals surface area contributed by atoms with Gasteiger partial charge in [-0.25, -0.2) is 0 Å². The molecule has 3 heteroatoms. The van der Waals surface area contributed by atoms with Gasteiger partial charge < -0.3 is 10.6 Å². The molecule has 1 saturated heterocycles. The number of piperidine rings is 1. The molecule has 0 saturated carbocycles. The smallest absolute Gasteiger partial charge is 0.0606 e. The monoisotopic (exact) mass is 247 g/mol. The normalized spacial score (nSPS) is 21.6. The van der Waals surface area contributed by atoms with Crippen molar-refractivity contribution in [2.75, 3.05) is 11.9 Å². The lowest BCUT2D eigenvalue weighted by molar-refractivity contribution is 0.371. The van der Waals surface area contributed by atoms with Gasteiger partial charge >= 0.3 is 0 Å². The molecule has 0 aliphatic carbocycles. The maximum absolute atomic E-state index is 4.50. The molecule has 18 heavy (non-hydrogen) atoms. The molecule has 1 aromatic rings. The van der Waals surface area contributed by atoms with E-state index in [1.54, 1.807) is 0 Å². The summed E-state index contributed by atoms with van der Waals surface area (Å²) >= 11 is 0. The van der Waals surface area contributed by atoms with E-state index in [-0.39, 0.29) is 0 Å². The molecule has 0 bridgehead atoms. The molecule has 0 aromatic carbocycles. The first-order valence-electron chi connectivity index (χ1n) is 7.09. The van der Waals surface area contributed by atoms with Crippen LogP contribution < -0.4 is 10.6 Å². The van der Waals surface area contributed by atoms with Crippen molar-refractivity contribution in [3.8, 4) is 0 Å². The van der Waals surface area contributed by atoms with Crippen LogP contribution in [0.1, 0.15) is 44.0 Å². The lowest BCUT2D eigenvalue weighted by atomic mass is 9.98. The lowest BCUT2D eigenvalue weighted by Gasteiger charge is -2.27. The van der Waals surface area contributed by atoms with Gasteiger partial charge in [-0.2, -0.15) is 0 Å². The zero-order chi connectivity index (χ0) is 13.0. The maximum atomic E-state index is 4.50. The van der Waals surface area contributed by atoms with E-state index < -0.39 is 0 Å². The first-order valence-corrected chi connectivity index (χ1v) is 7.09. The third kappa shape index (κ3) is 3.70. The predicted molar refractivity (Wildman–Crippen MR) is 77.1 cm³/mol. The highest BCUT2D eigenvalue weighted by molar-refractivity contribution is 5.48. The first-order chi connectivity index (χ1) is 8.65. The second kappa shape index (κ2) is 6.19. The molecule has 0 amide bonds. The zero-order valence-electron chi connectivity index (χ0n) is 11.8. The van der Waals surface area contributed by atoms with Crippen LogP contribution in [-0.2, 0) is 0 Å². The molecule has 2 unspecified atom stereocenters. The van der Waals surface area contributed by atoms with E-state index >= 15 is 0 Å². The Labute approximate surface area is 110 Å². The Morgan fingerprint density at radius 2 is 2.22 bits per heavy atom. The Morgan fingerprint density at radius 3 is 2.89 bits per heavy atom. The fraction of sp³-hybridized carbons (Fsp3) is 0.667. The van der Waals surface area contributed by atoms with Crippen LogP contribution in [0.3, 0.4) is 0 Å². The van der Waals surface area contributed by atoms with Crippen LogP contribution in [-0.4, -0.2) is 23.6 Å². The molecular formula is C15H25N3. The topological polar surface area (TPSA) is 37.0 Å². The number of hydrogen-bond acceptors (Lipinski definition) is 3. The quantitative estimate of drug-likeness (QED) is 0.858. The SMILES string of the molecule is Cc1ccc(NC(C)CC2CCCCN2)c(C)n1. The molecule has 2 heterocycles. The van der Waals surface area contributed by atoms with Gasteiger partial charge in [0.1, 0.15) is 0 Å². The molecule has 1 aromatic heterocycles. The van der Waals surface area contributed by atoms with Crippen molar-refractivity contribution in [3.63, 3.8) is 0 Å². The minimum absolute atomic E-state index is 0.490. The summed E-state index contributed by atoms with van der Waals surface area (Å²) in [5, 5.41) is 7.19. The molecule has 1 aliphatic heterocycles. The van der Waals surface area contributed by atoms with E-state index in [0.29, 0.717) is 12.1 Å². The van der Waals surface area contributed by atoms with Gasteiger partial charge in [0.2, 0.25) is 0 Å². The second-order valence-electron chi connectivity index (χ2n) is 5.51. The summed E-state index contributed by atoms with van der Waals surface area (Å²) < 4.78 is 0. The summed E-state index contributed by atoms with van der Waals surface area (Å²) in [6.45, 7) is 7.55. The summed E-state index contributed by atoms with van der Waals surface area (Å²) in [6, 6.07) is 5.38. The molecule has 2 N–H and O–H groups in total. The minimum Gasteiger partial charge on any atom is -0.381 e. The van der Waals surface area contributed by atoms with Gasteiger partial charge in [0.25, 0.3) is 0 Å². The van der Waals surface area contributed by atoms with Gasteiger partial charge in [0.05, 0.1) is 11.4 Å². The molecule has 0 spiro atoms. The van der Waals surface area contributed by atoms with Crippen LogP contribution in [0.15, 0.2) is 12.1 Å². The highest BCUT2D eigenvalue weighted by Gasteiger charge is 2.16. The average Bonchev–Trinajstić information content (AvgIpc) is 2.34. The van der Waals surface area contributed by atoms with Crippen molar-refractivity contribution in [2.24, 2.45) is 0 Å². The Bertz CT molecular complexity index is 383. The molecule has 1 fully saturated rings. The summed E-state index contributed by atoms with van der Waals surface area (Å²) in [6.07, 6.45) is 5.21. The van der Waals surface area contributed by atoms with Crippen LogP contribution >= 0.6 is 0 Å². The number of pyridine rings is 1. The fourth-order valence-electron chi connectivity index (χ4n) is 2.72. The van der Waals surface area contributed by atoms with Crippen LogP contribution in [0, 0.1) is 13.8 Å². The summed E-state index contributed by atoms with van der Waals surface area (Å²) in [5.41, 5.74) is 3.35. The van der Waals surface area contributed by atoms with Crippen LogP contribution in [0.2, 0.25) is 0 Å². The Kier molecular flexibility index (Phi) is 4.59. The highest BCUT2D eigenvalue weighted by Crippen LogP contribution is 2.17. The van der Waals surface area contributed by atoms with Crippen LogP contribution in [0.25, 0.3) is 0 Å². The molecule has 100 valence electrons. The van der Waals surface area contributed by atoms with Crippen molar-refractivity contribution in [2.45, 2.75) is 58.5 Å². The van der Waals surface area contributed by atoms with E-state index in [4.69, 9.17) is 0 Å². The molecule has 2 atom stereocenters. The van der Waals surface area contributed by atoms with E-state index in [1.165, 1.54) is 37.9 Å². The van der Waals surface area contributed by atoms with Gasteiger partial charge in [-0.05, 0) is 58.7 Å². The Morgan fingerprint density at radius 1 is 1.39 bits per heavy atom. The maximum Gasteiger partial charge on any atom is 0.0606 e. The third-order valence-electron chi connectivity index (χ3n) is 3.68. The van der Waals surface area contributed by atoms with Gasteiger partial charge in [0.15, 0.2) is 0 Å². The van der Waals surface area contributed by atoms with E-state index in [9.17, 15) is 0 Å². The van der Waals surface area contributed by atoms with Crippen molar-refractivity contribution in [1.29, 1.82) is 0 Å². The minimum atomic E-state index is 0.490. The van der Waals surface area contributed by atoms with Crippen LogP contribution in [0.4, 0.5) is 5.69 Å². The summed E-state index contributed by atoms with van der Waals surface area (Å²) in [4.78, 5) is 4.50. The standard InChI is InChI=1S/C15H25N3/c1-11-7-8-15(13(3)17-11)18-12(2)10-14-6-4-5-9-16-14/h7-8,12,14,16,18H,4-6,9-10H2,1-3H3. The van der Waals surface area contributed by atoms with Gasteiger partial charge in [-0.3, -0.25) is 4.98 Å². The molecular weight excluding hydrogens is 222 g/mol. The van der Waals surface area contributed by atoms with E-state index in [1.807, 2.05) is 6.92 Å². The second-order valence-corrected chi connectivity index (χ2v) is 5.51. The van der Waals surface area contributed by atoms with Gasteiger partial charge in [-0.15, -0.1) is 0 Å². The van der Waals surface area contributed by atoms with Crippen molar-refractivity contribution in [3.05, 3.63) is 23.5 Å². The number of anilines is 1. The Balaban J connectivity index is 1.87. The third-order valence-corrected chi connectivity index (χ3v) is 3.68. The molecule has 0 radical (unpaired) electrons. The van der Waals surface area contributed by atoms with E-state index in [2.05, 4.69) is 41.6 Å². The number of aryl methyl sites for hydroxylation is 2. The summed E-state index contributed by atoms with van der Waals surface area (Å²) in [5.74, 6) is 0. The highest BCUT2D eigenvalue weighted by atomic mass is 15.0. The average molecular weight is 247 g/mol. The van der Waals surface area contributed by atoms with Gasteiger partial charge in [0, 0.05) is 17.8 Å². The largest absolute Gasteiger partial charge is 0.381 e. The van der Waals surface area contributed by atoms with Crippen molar-refractivity contribution in [1.82, 2.24) is 10.3 Å². The lowest BCUT2D eigenvalue weighted by Crippen LogP contribution is -2.37. The number of rotatable bonds is 4. The number of nitrogens with one attached hydrogen (secondary N) is 2. The van der Waals surface area contributed by atoms with Gasteiger partial charge in [-0.1, -0.05) is 6.42 Å². The molecule has 2 rings (SSSR count). The van der Waals surface area contributed by atoms with Crippen molar-refractivity contribution >= 4 is 5.69 Å². The number of aromatic nitrogens is 1.